The molecule has 1 heterocycles. The van der Waals surface area contributed by atoms with Gasteiger partial charge in [-0.05, 0) is 30.9 Å². The van der Waals surface area contributed by atoms with Crippen LogP contribution in [0, 0.1) is 5.92 Å². The molecule has 0 aromatic carbocycles. The van der Waals surface area contributed by atoms with E-state index in [0.29, 0.717) is 23.7 Å². The molecule has 4 heteroatoms. The minimum atomic E-state index is -0.0166. The summed E-state index contributed by atoms with van der Waals surface area (Å²) in [6.45, 7) is 0. The lowest BCUT2D eigenvalue weighted by atomic mass is 10.0. The lowest BCUT2D eigenvalue weighted by Crippen LogP contribution is -2.26. The van der Waals surface area contributed by atoms with Crippen LogP contribution in [0.25, 0.3) is 0 Å². The Labute approximate surface area is 88.7 Å². The Hall–Kier alpha value is -1.42. The van der Waals surface area contributed by atoms with Crippen LogP contribution in [0.4, 0.5) is 5.82 Å². The second-order valence-electron chi connectivity index (χ2n) is 4.06. The highest BCUT2D eigenvalue weighted by molar-refractivity contribution is 6.00. The lowest BCUT2D eigenvalue weighted by molar-refractivity contribution is 0.0972. The van der Waals surface area contributed by atoms with Crippen molar-refractivity contribution >= 4 is 11.6 Å². The maximum Gasteiger partial charge on any atom is 0.168 e. The quantitative estimate of drug-likeness (QED) is 0.718. The molecule has 1 aliphatic rings. The summed E-state index contributed by atoms with van der Waals surface area (Å²) in [5.41, 5.74) is 12.0. The molecule has 1 aromatic heterocycles. The zero-order valence-electron chi connectivity index (χ0n) is 8.52. The van der Waals surface area contributed by atoms with Gasteiger partial charge in [-0.3, -0.25) is 4.79 Å². The summed E-state index contributed by atoms with van der Waals surface area (Å²) in [5, 5.41) is 0. The molecule has 4 nitrogen and oxygen atoms in total. The predicted octanol–water partition coefficient (Wildman–Crippen LogP) is 0.974. The summed E-state index contributed by atoms with van der Waals surface area (Å²) in [4.78, 5) is 15.7. The van der Waals surface area contributed by atoms with Gasteiger partial charge in [0.05, 0.1) is 5.56 Å². The number of carbonyl (C=O) groups excluding carboxylic acids is 1. The van der Waals surface area contributed by atoms with E-state index in [1.807, 2.05) is 0 Å². The van der Waals surface area contributed by atoms with E-state index < -0.39 is 0 Å². The van der Waals surface area contributed by atoms with Crippen molar-refractivity contribution in [2.75, 3.05) is 5.73 Å². The zero-order valence-corrected chi connectivity index (χ0v) is 8.52. The van der Waals surface area contributed by atoms with Gasteiger partial charge < -0.3 is 11.5 Å². The third-order valence-electron chi connectivity index (χ3n) is 2.79. The van der Waals surface area contributed by atoms with Gasteiger partial charge in [0.1, 0.15) is 5.82 Å². The monoisotopic (exact) mass is 205 g/mol. The van der Waals surface area contributed by atoms with Crippen LogP contribution in [0.3, 0.4) is 0 Å². The largest absolute Gasteiger partial charge is 0.383 e. The van der Waals surface area contributed by atoms with Gasteiger partial charge in [0.2, 0.25) is 0 Å². The fraction of sp³-hybridized carbons (Fsp3) is 0.455. The average molecular weight is 205 g/mol. The summed E-state index contributed by atoms with van der Waals surface area (Å²) in [7, 11) is 0. The fourth-order valence-corrected chi connectivity index (χ4v) is 1.67. The summed E-state index contributed by atoms with van der Waals surface area (Å²) >= 11 is 0. The standard InChI is InChI=1S/C11H15N3O/c12-9(7-3-4-7)6-10(15)8-2-1-5-14-11(8)13/h1-2,5,7,9H,3-4,6,12H2,(H2,13,14). The molecule has 0 saturated heterocycles. The van der Waals surface area contributed by atoms with Crippen molar-refractivity contribution in [3.8, 4) is 0 Å². The number of ketones is 1. The second-order valence-corrected chi connectivity index (χ2v) is 4.06. The van der Waals surface area contributed by atoms with Crippen LogP contribution in [0.5, 0.6) is 0 Å². The molecule has 2 rings (SSSR count). The fourth-order valence-electron chi connectivity index (χ4n) is 1.67. The molecule has 1 atom stereocenters. The van der Waals surface area contributed by atoms with E-state index >= 15 is 0 Å². The number of Topliss-reactive ketones (excluding diaryl/α,β-unsaturated/α-hetero) is 1. The number of rotatable bonds is 4. The van der Waals surface area contributed by atoms with Crippen LogP contribution in [0.2, 0.25) is 0 Å². The van der Waals surface area contributed by atoms with Crippen molar-refractivity contribution in [3.05, 3.63) is 23.9 Å². The number of pyridine rings is 1. The molecule has 0 bridgehead atoms. The minimum Gasteiger partial charge on any atom is -0.383 e. The van der Waals surface area contributed by atoms with E-state index in [-0.39, 0.29) is 11.8 Å². The number of aromatic nitrogens is 1. The predicted molar refractivity (Wildman–Crippen MR) is 58.3 cm³/mol. The molecular weight excluding hydrogens is 190 g/mol. The van der Waals surface area contributed by atoms with Crippen molar-refractivity contribution in [2.45, 2.75) is 25.3 Å². The van der Waals surface area contributed by atoms with Crippen LogP contribution in [-0.4, -0.2) is 16.8 Å². The van der Waals surface area contributed by atoms with E-state index in [4.69, 9.17) is 11.5 Å². The Kier molecular flexibility index (Phi) is 2.68. The molecule has 15 heavy (non-hydrogen) atoms. The van der Waals surface area contributed by atoms with Crippen LogP contribution < -0.4 is 11.5 Å². The van der Waals surface area contributed by atoms with E-state index in [1.54, 1.807) is 18.3 Å². The summed E-state index contributed by atoms with van der Waals surface area (Å²) < 4.78 is 0. The molecule has 0 aliphatic heterocycles. The average Bonchev–Trinajstić information content (AvgIpc) is 3.01. The molecular formula is C11H15N3O. The maximum atomic E-state index is 11.8. The maximum absolute atomic E-state index is 11.8. The van der Waals surface area contributed by atoms with Gasteiger partial charge in [-0.2, -0.15) is 0 Å². The second kappa shape index (κ2) is 3.98. The molecule has 1 aromatic rings. The first kappa shape index (κ1) is 10.1. The number of anilines is 1. The van der Waals surface area contributed by atoms with Crippen molar-refractivity contribution < 1.29 is 4.79 Å². The van der Waals surface area contributed by atoms with Crippen molar-refractivity contribution in [1.29, 1.82) is 0 Å². The molecule has 1 unspecified atom stereocenters. The number of hydrogen-bond acceptors (Lipinski definition) is 4. The van der Waals surface area contributed by atoms with Crippen molar-refractivity contribution in [3.63, 3.8) is 0 Å². The summed E-state index contributed by atoms with van der Waals surface area (Å²) in [6.07, 6.45) is 4.25. The number of carbonyl (C=O) groups is 1. The van der Waals surface area contributed by atoms with Gasteiger partial charge in [-0.1, -0.05) is 0 Å². The van der Waals surface area contributed by atoms with Crippen LogP contribution in [-0.2, 0) is 0 Å². The molecule has 80 valence electrons. The normalized spacial score (nSPS) is 17.4. The number of nitrogens with two attached hydrogens (primary N) is 2. The number of hydrogen-bond donors (Lipinski definition) is 2. The van der Waals surface area contributed by atoms with Gasteiger partial charge in [0.15, 0.2) is 5.78 Å². The van der Waals surface area contributed by atoms with Gasteiger partial charge in [-0.25, -0.2) is 4.98 Å². The highest BCUT2D eigenvalue weighted by Crippen LogP contribution is 2.33. The molecule has 1 fully saturated rings. The molecule has 0 spiro atoms. The van der Waals surface area contributed by atoms with E-state index in [9.17, 15) is 4.79 Å². The van der Waals surface area contributed by atoms with E-state index in [2.05, 4.69) is 4.98 Å². The molecule has 1 saturated carbocycles. The Balaban J connectivity index is 2.04. The Morgan fingerprint density at radius 2 is 2.33 bits per heavy atom. The minimum absolute atomic E-state index is 0. The molecule has 1 aliphatic carbocycles. The third-order valence-corrected chi connectivity index (χ3v) is 2.79. The van der Waals surface area contributed by atoms with Crippen LogP contribution in [0.15, 0.2) is 18.3 Å². The Bertz CT molecular complexity index is 374. The first-order valence-electron chi connectivity index (χ1n) is 5.17. The van der Waals surface area contributed by atoms with Crippen molar-refractivity contribution in [2.24, 2.45) is 11.7 Å². The Morgan fingerprint density at radius 1 is 1.60 bits per heavy atom. The third kappa shape index (κ3) is 2.33. The zero-order chi connectivity index (χ0) is 10.8. The molecule has 0 amide bonds. The van der Waals surface area contributed by atoms with Crippen LogP contribution >= 0.6 is 0 Å². The topological polar surface area (TPSA) is 82.0 Å². The van der Waals surface area contributed by atoms with E-state index in [0.717, 1.165) is 12.8 Å². The van der Waals surface area contributed by atoms with Gasteiger partial charge in [0.25, 0.3) is 0 Å². The highest BCUT2D eigenvalue weighted by Gasteiger charge is 2.30. The molecule has 0 radical (unpaired) electrons. The number of nitrogens with zero attached hydrogens (tertiary/aromatic N) is 1. The first-order valence-corrected chi connectivity index (χ1v) is 5.17. The number of nitrogen functional groups attached to an aromatic ring is 1. The SMILES string of the molecule is Nc1ncccc1C(=O)CC(N)C1CC1. The van der Waals surface area contributed by atoms with E-state index in [1.165, 1.54) is 0 Å². The van der Waals surface area contributed by atoms with Gasteiger partial charge in [0, 0.05) is 18.7 Å². The highest BCUT2D eigenvalue weighted by atomic mass is 16.1. The van der Waals surface area contributed by atoms with Crippen molar-refractivity contribution in [1.82, 2.24) is 4.98 Å². The van der Waals surface area contributed by atoms with Gasteiger partial charge >= 0.3 is 0 Å². The first-order chi connectivity index (χ1) is 7.18. The lowest BCUT2D eigenvalue weighted by Gasteiger charge is -2.09. The molecule has 4 N–H and O–H groups in total. The smallest absolute Gasteiger partial charge is 0.168 e. The van der Waals surface area contributed by atoms with Crippen LogP contribution in [0.1, 0.15) is 29.6 Å². The van der Waals surface area contributed by atoms with Gasteiger partial charge in [-0.15, -0.1) is 0 Å². The summed E-state index contributed by atoms with van der Waals surface area (Å²) in [5.74, 6) is 0.831. The Morgan fingerprint density at radius 3 is 2.93 bits per heavy atom. The summed E-state index contributed by atoms with van der Waals surface area (Å²) in [6, 6.07) is 3.40.